The van der Waals surface area contributed by atoms with Crippen LogP contribution >= 0.6 is 11.8 Å². The molecule has 0 amide bonds. The van der Waals surface area contributed by atoms with Crippen LogP contribution in [0.15, 0.2) is 46.2 Å². The van der Waals surface area contributed by atoms with Gasteiger partial charge in [-0.25, -0.2) is 0 Å². The van der Waals surface area contributed by atoms with Crippen molar-refractivity contribution in [1.29, 1.82) is 0 Å². The zero-order valence-corrected chi connectivity index (χ0v) is 18.5. The summed E-state index contributed by atoms with van der Waals surface area (Å²) in [4.78, 5) is 0. The zero-order chi connectivity index (χ0) is 21.2. The maximum absolute atomic E-state index is 5.65. The van der Waals surface area contributed by atoms with Gasteiger partial charge in [-0.1, -0.05) is 49.2 Å². The number of aromatic nitrogens is 7. The predicted molar refractivity (Wildman–Crippen MR) is 118 cm³/mol. The van der Waals surface area contributed by atoms with Gasteiger partial charge in [-0.2, -0.15) is 4.68 Å². The largest absolute Gasteiger partial charge is 0.461 e. The highest BCUT2D eigenvalue weighted by atomic mass is 32.2. The third-order valence-corrected chi connectivity index (χ3v) is 6.80. The molecule has 3 heterocycles. The van der Waals surface area contributed by atoms with Crippen LogP contribution in [-0.4, -0.2) is 35.0 Å². The molecule has 4 aromatic rings. The van der Waals surface area contributed by atoms with Gasteiger partial charge in [-0.05, 0) is 60.4 Å². The molecule has 1 saturated carbocycles. The van der Waals surface area contributed by atoms with Crippen LogP contribution in [0.1, 0.15) is 55.1 Å². The number of para-hydroxylation sites is 1. The van der Waals surface area contributed by atoms with E-state index in [1.54, 1.807) is 18.0 Å². The molecule has 5 rings (SSSR count). The lowest BCUT2D eigenvalue weighted by Crippen LogP contribution is -2.15. The van der Waals surface area contributed by atoms with Crippen LogP contribution in [0.3, 0.4) is 0 Å². The Morgan fingerprint density at radius 1 is 1.00 bits per heavy atom. The van der Waals surface area contributed by atoms with Crippen LogP contribution in [0.4, 0.5) is 0 Å². The summed E-state index contributed by atoms with van der Waals surface area (Å²) in [6.07, 6.45) is 7.71. The molecule has 1 aliphatic carbocycles. The van der Waals surface area contributed by atoms with E-state index in [0.717, 1.165) is 52.2 Å². The Bertz CT molecular complexity index is 1140. The van der Waals surface area contributed by atoms with E-state index in [4.69, 9.17) is 4.42 Å². The first-order valence-electron chi connectivity index (χ1n) is 10.7. The minimum atomic E-state index is 0.390. The molecule has 0 radical (unpaired) electrons. The third kappa shape index (κ3) is 3.89. The van der Waals surface area contributed by atoms with Gasteiger partial charge in [0, 0.05) is 6.04 Å². The number of thioether (sulfide) groups is 1. The van der Waals surface area contributed by atoms with Gasteiger partial charge in [0.2, 0.25) is 5.82 Å². The number of furan rings is 1. The summed E-state index contributed by atoms with van der Waals surface area (Å²) in [7, 11) is 0. The maximum atomic E-state index is 5.65. The van der Waals surface area contributed by atoms with Crippen molar-refractivity contribution >= 4 is 11.8 Å². The molecule has 1 aromatic carbocycles. The molecule has 31 heavy (non-hydrogen) atoms. The van der Waals surface area contributed by atoms with E-state index in [2.05, 4.69) is 62.3 Å². The number of nitrogens with zero attached hydrogens (tertiary/aromatic N) is 7. The Labute approximate surface area is 185 Å². The van der Waals surface area contributed by atoms with E-state index in [9.17, 15) is 0 Å². The molecule has 1 fully saturated rings. The molecule has 0 saturated heterocycles. The zero-order valence-electron chi connectivity index (χ0n) is 17.7. The molecule has 9 heteroatoms. The molecular formula is C22H25N7OS. The van der Waals surface area contributed by atoms with Crippen molar-refractivity contribution in [2.75, 3.05) is 0 Å². The summed E-state index contributed by atoms with van der Waals surface area (Å²) in [6.45, 7) is 4.16. The Morgan fingerprint density at radius 2 is 1.81 bits per heavy atom. The van der Waals surface area contributed by atoms with Crippen LogP contribution in [0, 0.1) is 13.8 Å². The molecule has 1 aliphatic rings. The summed E-state index contributed by atoms with van der Waals surface area (Å²) in [5.41, 5.74) is 3.32. The first-order chi connectivity index (χ1) is 15.2. The lowest BCUT2D eigenvalue weighted by atomic mass is 9.95. The molecule has 0 bridgehead atoms. The van der Waals surface area contributed by atoms with Crippen LogP contribution in [0.2, 0.25) is 0 Å². The molecular weight excluding hydrogens is 410 g/mol. The fourth-order valence-corrected chi connectivity index (χ4v) is 5.27. The van der Waals surface area contributed by atoms with Gasteiger partial charge in [0.1, 0.15) is 0 Å². The second kappa shape index (κ2) is 8.66. The topological polar surface area (TPSA) is 87.4 Å². The lowest BCUT2D eigenvalue weighted by Gasteiger charge is -2.25. The van der Waals surface area contributed by atoms with E-state index in [1.165, 1.54) is 19.3 Å². The summed E-state index contributed by atoms with van der Waals surface area (Å²) in [6, 6.07) is 10.4. The van der Waals surface area contributed by atoms with Crippen molar-refractivity contribution in [3.8, 4) is 17.3 Å². The number of rotatable bonds is 6. The fourth-order valence-electron chi connectivity index (χ4n) is 4.36. The van der Waals surface area contributed by atoms with Crippen molar-refractivity contribution < 1.29 is 4.42 Å². The van der Waals surface area contributed by atoms with Gasteiger partial charge in [0.25, 0.3) is 0 Å². The number of hydrogen-bond acceptors (Lipinski definition) is 7. The van der Waals surface area contributed by atoms with E-state index in [0.29, 0.717) is 11.8 Å². The molecule has 0 aliphatic heterocycles. The highest BCUT2D eigenvalue weighted by Gasteiger charge is 2.25. The average molecular weight is 436 g/mol. The Kier molecular flexibility index (Phi) is 5.59. The molecule has 160 valence electrons. The minimum Gasteiger partial charge on any atom is -0.461 e. The Hall–Kier alpha value is -2.94. The van der Waals surface area contributed by atoms with Crippen molar-refractivity contribution in [3.05, 3.63) is 53.5 Å². The summed E-state index contributed by atoms with van der Waals surface area (Å²) < 4.78 is 9.75. The minimum absolute atomic E-state index is 0.390. The normalized spacial score (nSPS) is 14.9. The second-order valence-corrected chi connectivity index (χ2v) is 8.92. The van der Waals surface area contributed by atoms with Gasteiger partial charge >= 0.3 is 0 Å². The van der Waals surface area contributed by atoms with Crippen molar-refractivity contribution in [2.24, 2.45) is 0 Å². The average Bonchev–Trinajstić information content (AvgIpc) is 3.53. The molecule has 0 unspecified atom stereocenters. The first kappa shape index (κ1) is 20.0. The molecule has 3 aromatic heterocycles. The van der Waals surface area contributed by atoms with Gasteiger partial charge in [0.05, 0.1) is 17.7 Å². The molecule has 8 nitrogen and oxygen atoms in total. The second-order valence-electron chi connectivity index (χ2n) is 7.98. The van der Waals surface area contributed by atoms with Crippen LogP contribution in [0.25, 0.3) is 17.3 Å². The Balaban J connectivity index is 1.45. The van der Waals surface area contributed by atoms with E-state index >= 15 is 0 Å². The summed E-state index contributed by atoms with van der Waals surface area (Å²) >= 11 is 1.62. The monoisotopic (exact) mass is 435 g/mol. The smallest absolute Gasteiger partial charge is 0.200 e. The fraction of sp³-hybridized carbons (Fsp3) is 0.409. The van der Waals surface area contributed by atoms with E-state index in [1.807, 2.05) is 16.8 Å². The van der Waals surface area contributed by atoms with Gasteiger partial charge in [0.15, 0.2) is 16.7 Å². The maximum Gasteiger partial charge on any atom is 0.200 e. The highest BCUT2D eigenvalue weighted by molar-refractivity contribution is 7.98. The SMILES string of the molecule is Cc1cccc(C)c1-n1nnnc1CSc1nnc(-c2ccco2)n1C1CCCCC1. The third-order valence-electron chi connectivity index (χ3n) is 5.86. The van der Waals surface area contributed by atoms with Crippen LogP contribution < -0.4 is 0 Å². The van der Waals surface area contributed by atoms with Gasteiger partial charge in [-0.15, -0.1) is 15.3 Å². The van der Waals surface area contributed by atoms with E-state index < -0.39 is 0 Å². The van der Waals surface area contributed by atoms with E-state index in [-0.39, 0.29) is 0 Å². The van der Waals surface area contributed by atoms with Crippen molar-refractivity contribution in [2.45, 2.75) is 62.9 Å². The van der Waals surface area contributed by atoms with Crippen LogP contribution in [0.5, 0.6) is 0 Å². The summed E-state index contributed by atoms with van der Waals surface area (Å²) in [5.74, 6) is 2.95. The van der Waals surface area contributed by atoms with Crippen LogP contribution in [-0.2, 0) is 5.75 Å². The molecule has 0 spiro atoms. The van der Waals surface area contributed by atoms with Gasteiger partial charge in [-0.3, -0.25) is 4.57 Å². The standard InChI is InChI=1S/C22H25N7OS/c1-15-8-6-9-16(2)20(15)29-19(23-26-27-29)14-31-22-25-24-21(18-12-7-13-30-18)28(22)17-10-4-3-5-11-17/h6-9,12-13,17H,3-5,10-11,14H2,1-2H3. The number of benzene rings is 1. The molecule has 0 N–H and O–H groups in total. The van der Waals surface area contributed by atoms with Crippen molar-refractivity contribution in [1.82, 2.24) is 35.0 Å². The highest BCUT2D eigenvalue weighted by Crippen LogP contribution is 2.36. The number of aryl methyl sites for hydroxylation is 2. The van der Waals surface area contributed by atoms with Crippen molar-refractivity contribution in [3.63, 3.8) is 0 Å². The quantitative estimate of drug-likeness (QED) is 0.397. The first-order valence-corrected chi connectivity index (χ1v) is 11.7. The predicted octanol–water partition coefficient (Wildman–Crippen LogP) is 4.93. The summed E-state index contributed by atoms with van der Waals surface area (Å²) in [5, 5.41) is 22.4. The van der Waals surface area contributed by atoms with Gasteiger partial charge < -0.3 is 4.42 Å². The molecule has 0 atom stereocenters. The number of tetrazole rings is 1. The Morgan fingerprint density at radius 3 is 2.55 bits per heavy atom. The number of hydrogen-bond donors (Lipinski definition) is 0. The lowest BCUT2D eigenvalue weighted by molar-refractivity contribution is 0.337.